The van der Waals surface area contributed by atoms with E-state index in [-0.39, 0.29) is 11.9 Å². The van der Waals surface area contributed by atoms with Gasteiger partial charge in [0.25, 0.3) is 5.91 Å². The van der Waals surface area contributed by atoms with E-state index < -0.39 is 0 Å². The van der Waals surface area contributed by atoms with Gasteiger partial charge in [-0.2, -0.15) is 0 Å². The molecule has 3 aromatic carbocycles. The van der Waals surface area contributed by atoms with E-state index in [9.17, 15) is 9.59 Å². The Balaban J connectivity index is 1.89. The van der Waals surface area contributed by atoms with Crippen LogP contribution in [0.2, 0.25) is 0 Å². The molecule has 3 rings (SSSR count). The van der Waals surface area contributed by atoms with Crippen molar-refractivity contribution in [1.29, 1.82) is 0 Å². The van der Waals surface area contributed by atoms with Crippen LogP contribution in [0.1, 0.15) is 33.2 Å². The SMILES string of the molecule is CCOC(=O)c1ccc(NC(=O)c2cc3ccccc3cc2OC)c(C)c1. The number of carbonyl (C=O) groups is 2. The van der Waals surface area contributed by atoms with Gasteiger partial charge in [-0.25, -0.2) is 4.79 Å². The zero-order valence-electron chi connectivity index (χ0n) is 15.5. The smallest absolute Gasteiger partial charge is 0.338 e. The van der Waals surface area contributed by atoms with Gasteiger partial charge >= 0.3 is 5.97 Å². The van der Waals surface area contributed by atoms with E-state index in [1.807, 2.05) is 43.3 Å². The lowest BCUT2D eigenvalue weighted by molar-refractivity contribution is 0.0526. The predicted molar refractivity (Wildman–Crippen MR) is 106 cm³/mol. The molecule has 0 aromatic heterocycles. The van der Waals surface area contributed by atoms with Crippen LogP contribution in [-0.2, 0) is 4.74 Å². The molecular formula is C22H21NO4. The topological polar surface area (TPSA) is 64.6 Å². The van der Waals surface area contributed by atoms with Gasteiger partial charge in [-0.05, 0) is 60.5 Å². The Morgan fingerprint density at radius 3 is 2.33 bits per heavy atom. The second kappa shape index (κ2) is 7.91. The number of carbonyl (C=O) groups excluding carboxylic acids is 2. The number of amides is 1. The van der Waals surface area contributed by atoms with Crippen molar-refractivity contribution in [2.75, 3.05) is 19.0 Å². The first-order chi connectivity index (χ1) is 13.0. The van der Waals surface area contributed by atoms with Gasteiger partial charge in [-0.3, -0.25) is 4.79 Å². The van der Waals surface area contributed by atoms with Crippen molar-refractivity contribution in [2.45, 2.75) is 13.8 Å². The van der Waals surface area contributed by atoms with Gasteiger partial charge in [0, 0.05) is 5.69 Å². The molecule has 0 aliphatic heterocycles. The van der Waals surface area contributed by atoms with E-state index >= 15 is 0 Å². The summed E-state index contributed by atoms with van der Waals surface area (Å²) < 4.78 is 10.4. The third-order valence-corrected chi connectivity index (χ3v) is 4.30. The molecule has 5 heteroatoms. The van der Waals surface area contributed by atoms with Gasteiger partial charge in [0.1, 0.15) is 5.75 Å². The summed E-state index contributed by atoms with van der Waals surface area (Å²) in [6.45, 7) is 3.91. The number of hydrogen-bond acceptors (Lipinski definition) is 4. The fourth-order valence-electron chi connectivity index (χ4n) is 2.90. The Hall–Kier alpha value is -3.34. The molecule has 0 saturated heterocycles. The summed E-state index contributed by atoms with van der Waals surface area (Å²) >= 11 is 0. The molecule has 27 heavy (non-hydrogen) atoms. The molecule has 0 aliphatic carbocycles. The maximum atomic E-state index is 12.8. The number of esters is 1. The lowest BCUT2D eigenvalue weighted by atomic mass is 10.0. The summed E-state index contributed by atoms with van der Waals surface area (Å²) in [6, 6.07) is 16.5. The van der Waals surface area contributed by atoms with Crippen LogP contribution in [0.4, 0.5) is 5.69 Å². The molecule has 0 atom stereocenters. The standard InChI is InChI=1S/C22H21NO4/c1-4-27-22(25)17-9-10-19(14(2)11-17)23-21(24)18-12-15-7-5-6-8-16(15)13-20(18)26-3/h5-13H,4H2,1-3H3,(H,23,24). The van der Waals surface area contributed by atoms with Gasteiger partial charge in [-0.1, -0.05) is 24.3 Å². The first-order valence-electron chi connectivity index (χ1n) is 8.69. The zero-order chi connectivity index (χ0) is 19.4. The van der Waals surface area contributed by atoms with Gasteiger partial charge in [0.2, 0.25) is 0 Å². The van der Waals surface area contributed by atoms with Crippen LogP contribution < -0.4 is 10.1 Å². The summed E-state index contributed by atoms with van der Waals surface area (Å²) in [4.78, 5) is 24.7. The van der Waals surface area contributed by atoms with Crippen LogP contribution >= 0.6 is 0 Å². The van der Waals surface area contributed by atoms with E-state index in [4.69, 9.17) is 9.47 Å². The van der Waals surface area contributed by atoms with Crippen molar-refractivity contribution in [3.63, 3.8) is 0 Å². The van der Waals surface area contributed by atoms with Crippen LogP contribution in [-0.4, -0.2) is 25.6 Å². The van der Waals surface area contributed by atoms with Gasteiger partial charge in [0.15, 0.2) is 0 Å². The quantitative estimate of drug-likeness (QED) is 0.674. The molecule has 0 aliphatic rings. The largest absolute Gasteiger partial charge is 0.496 e. The molecular weight excluding hydrogens is 342 g/mol. The highest BCUT2D eigenvalue weighted by atomic mass is 16.5. The van der Waals surface area contributed by atoms with Gasteiger partial charge in [-0.15, -0.1) is 0 Å². The third-order valence-electron chi connectivity index (χ3n) is 4.30. The Kier molecular flexibility index (Phi) is 5.41. The number of ether oxygens (including phenoxy) is 2. The summed E-state index contributed by atoms with van der Waals surface area (Å²) in [5.41, 5.74) is 2.30. The molecule has 1 amide bonds. The first-order valence-corrected chi connectivity index (χ1v) is 8.69. The normalized spacial score (nSPS) is 10.5. The molecule has 1 N–H and O–H groups in total. The molecule has 0 spiro atoms. The number of rotatable bonds is 5. The van der Waals surface area contributed by atoms with Crippen molar-refractivity contribution in [1.82, 2.24) is 0 Å². The number of benzene rings is 3. The lowest BCUT2D eigenvalue weighted by Crippen LogP contribution is -2.14. The third kappa shape index (κ3) is 3.92. The minimum Gasteiger partial charge on any atom is -0.496 e. The number of methoxy groups -OCH3 is 1. The highest BCUT2D eigenvalue weighted by molar-refractivity contribution is 6.09. The van der Waals surface area contributed by atoms with Crippen molar-refractivity contribution < 1.29 is 19.1 Å². The Labute approximate surface area is 157 Å². The molecule has 5 nitrogen and oxygen atoms in total. The summed E-state index contributed by atoms with van der Waals surface area (Å²) in [5.74, 6) is -0.147. The number of anilines is 1. The summed E-state index contributed by atoms with van der Waals surface area (Å²) in [5, 5.41) is 4.85. The molecule has 0 heterocycles. The van der Waals surface area contributed by atoms with E-state index in [0.717, 1.165) is 16.3 Å². The summed E-state index contributed by atoms with van der Waals surface area (Å²) in [7, 11) is 1.54. The molecule has 138 valence electrons. The molecule has 0 bridgehead atoms. The van der Waals surface area contributed by atoms with Gasteiger partial charge < -0.3 is 14.8 Å². The maximum Gasteiger partial charge on any atom is 0.338 e. The molecule has 0 unspecified atom stereocenters. The molecule has 0 saturated carbocycles. The van der Waals surface area contributed by atoms with Crippen molar-refractivity contribution in [3.05, 3.63) is 71.3 Å². The number of fused-ring (bicyclic) bond motifs is 1. The van der Waals surface area contributed by atoms with E-state index in [0.29, 0.717) is 29.2 Å². The van der Waals surface area contributed by atoms with E-state index in [1.165, 1.54) is 0 Å². The van der Waals surface area contributed by atoms with Crippen LogP contribution in [0.25, 0.3) is 10.8 Å². The highest BCUT2D eigenvalue weighted by Gasteiger charge is 2.16. The fraction of sp³-hybridized carbons (Fsp3) is 0.182. The number of hydrogen-bond donors (Lipinski definition) is 1. The second-order valence-electron chi connectivity index (χ2n) is 6.10. The van der Waals surface area contributed by atoms with Crippen molar-refractivity contribution >= 4 is 28.3 Å². The van der Waals surface area contributed by atoms with Crippen LogP contribution in [0, 0.1) is 6.92 Å². The minimum atomic E-state index is -0.380. The second-order valence-corrected chi connectivity index (χ2v) is 6.10. The first kappa shape index (κ1) is 18.5. The average Bonchev–Trinajstić information content (AvgIpc) is 2.68. The van der Waals surface area contributed by atoms with Crippen LogP contribution in [0.3, 0.4) is 0 Å². The minimum absolute atomic E-state index is 0.274. The zero-order valence-corrected chi connectivity index (χ0v) is 15.5. The van der Waals surface area contributed by atoms with Crippen LogP contribution in [0.15, 0.2) is 54.6 Å². The number of nitrogens with one attached hydrogen (secondary N) is 1. The fourth-order valence-corrected chi connectivity index (χ4v) is 2.90. The summed E-state index contributed by atoms with van der Waals surface area (Å²) in [6.07, 6.45) is 0. The monoisotopic (exact) mass is 363 g/mol. The van der Waals surface area contributed by atoms with Crippen molar-refractivity contribution in [2.24, 2.45) is 0 Å². The maximum absolute atomic E-state index is 12.8. The Morgan fingerprint density at radius 2 is 1.70 bits per heavy atom. The van der Waals surface area contributed by atoms with Gasteiger partial charge in [0.05, 0.1) is 24.8 Å². The van der Waals surface area contributed by atoms with Crippen molar-refractivity contribution in [3.8, 4) is 5.75 Å². The molecule has 0 radical (unpaired) electrons. The number of aryl methyl sites for hydroxylation is 1. The Bertz CT molecular complexity index is 1010. The molecule has 3 aromatic rings. The van der Waals surface area contributed by atoms with E-state index in [2.05, 4.69) is 5.32 Å². The van der Waals surface area contributed by atoms with E-state index in [1.54, 1.807) is 32.2 Å². The Morgan fingerprint density at radius 1 is 1.00 bits per heavy atom. The van der Waals surface area contributed by atoms with Crippen LogP contribution in [0.5, 0.6) is 5.75 Å². The molecule has 0 fully saturated rings. The predicted octanol–water partition coefficient (Wildman–Crippen LogP) is 4.59. The highest BCUT2D eigenvalue weighted by Crippen LogP contribution is 2.27. The lowest BCUT2D eigenvalue weighted by Gasteiger charge is -2.13. The average molecular weight is 363 g/mol.